The molecule has 1 aromatic rings. The number of hydroxylamine groups is 1. The summed E-state index contributed by atoms with van der Waals surface area (Å²) in [6.45, 7) is 1.89. The lowest BCUT2D eigenvalue weighted by Gasteiger charge is -2.41. The smallest absolute Gasteiger partial charge is 0.185 e. The predicted molar refractivity (Wildman–Crippen MR) is 70.9 cm³/mol. The van der Waals surface area contributed by atoms with Crippen LogP contribution in [0, 0.1) is 0 Å². The molecular formula is C14H21NO4. The van der Waals surface area contributed by atoms with Gasteiger partial charge in [0.1, 0.15) is 5.75 Å². The molecule has 0 radical (unpaired) electrons. The maximum absolute atomic E-state index is 9.46. The van der Waals surface area contributed by atoms with E-state index in [1.165, 1.54) is 0 Å². The zero-order valence-corrected chi connectivity index (χ0v) is 11.6. The average molecular weight is 267 g/mol. The van der Waals surface area contributed by atoms with Gasteiger partial charge in [0, 0.05) is 19.4 Å². The lowest BCUT2D eigenvalue weighted by molar-refractivity contribution is -0.280. The van der Waals surface area contributed by atoms with Gasteiger partial charge in [-0.05, 0) is 24.6 Å². The first kappa shape index (κ1) is 14.3. The van der Waals surface area contributed by atoms with Gasteiger partial charge in [0.05, 0.1) is 19.8 Å². The second-order valence-electron chi connectivity index (χ2n) is 4.93. The molecule has 1 fully saturated rings. The summed E-state index contributed by atoms with van der Waals surface area (Å²) in [5.74, 6) is 0.254. The predicted octanol–water partition coefficient (Wildman–Crippen LogP) is 1.43. The highest BCUT2D eigenvalue weighted by Crippen LogP contribution is 2.35. The third kappa shape index (κ3) is 3.06. The van der Waals surface area contributed by atoms with Crippen molar-refractivity contribution < 1.29 is 19.4 Å². The van der Waals surface area contributed by atoms with Crippen molar-refractivity contribution in [1.82, 2.24) is 5.48 Å². The van der Waals surface area contributed by atoms with Crippen molar-refractivity contribution >= 4 is 0 Å². The average Bonchev–Trinajstić information content (AvgIpc) is 2.47. The fraction of sp³-hybridized carbons (Fsp3) is 0.571. The SMILES string of the molecule is COc1ccc([C@@H]2C[C@@](C)(OC)ON[C@H]2CO)cc1. The molecule has 0 unspecified atom stereocenters. The summed E-state index contributed by atoms with van der Waals surface area (Å²) in [5, 5.41) is 9.46. The molecule has 106 valence electrons. The Morgan fingerprint density at radius 1 is 1.37 bits per heavy atom. The normalized spacial score (nSPS) is 31.2. The molecule has 3 atom stereocenters. The van der Waals surface area contributed by atoms with Crippen molar-refractivity contribution in [2.75, 3.05) is 20.8 Å². The fourth-order valence-corrected chi connectivity index (χ4v) is 2.36. The van der Waals surface area contributed by atoms with Crippen molar-refractivity contribution in [2.45, 2.75) is 31.1 Å². The van der Waals surface area contributed by atoms with Crippen molar-refractivity contribution in [3.05, 3.63) is 29.8 Å². The third-order valence-corrected chi connectivity index (χ3v) is 3.68. The summed E-state index contributed by atoms with van der Waals surface area (Å²) < 4.78 is 10.5. The first-order valence-electron chi connectivity index (χ1n) is 6.35. The molecule has 0 saturated carbocycles. The highest BCUT2D eigenvalue weighted by Gasteiger charge is 2.39. The van der Waals surface area contributed by atoms with E-state index >= 15 is 0 Å². The van der Waals surface area contributed by atoms with Crippen LogP contribution in [0.15, 0.2) is 24.3 Å². The van der Waals surface area contributed by atoms with Crippen LogP contribution < -0.4 is 10.2 Å². The van der Waals surface area contributed by atoms with E-state index in [1.54, 1.807) is 14.2 Å². The maximum Gasteiger partial charge on any atom is 0.185 e. The number of hydrogen-bond donors (Lipinski definition) is 2. The van der Waals surface area contributed by atoms with Gasteiger partial charge in [-0.1, -0.05) is 12.1 Å². The topological polar surface area (TPSA) is 60.0 Å². The van der Waals surface area contributed by atoms with E-state index in [0.29, 0.717) is 6.42 Å². The fourth-order valence-electron chi connectivity index (χ4n) is 2.36. The molecular weight excluding hydrogens is 246 g/mol. The van der Waals surface area contributed by atoms with Crippen LogP contribution in [0.2, 0.25) is 0 Å². The largest absolute Gasteiger partial charge is 0.497 e. The number of nitrogens with one attached hydrogen (secondary N) is 1. The second-order valence-corrected chi connectivity index (χ2v) is 4.93. The van der Waals surface area contributed by atoms with Crippen LogP contribution in [-0.4, -0.2) is 37.8 Å². The summed E-state index contributed by atoms with van der Waals surface area (Å²) in [6, 6.07) is 7.72. The van der Waals surface area contributed by atoms with Crippen molar-refractivity contribution in [1.29, 1.82) is 0 Å². The summed E-state index contributed by atoms with van der Waals surface area (Å²) in [7, 11) is 3.26. The molecule has 0 amide bonds. The lowest BCUT2D eigenvalue weighted by Crippen LogP contribution is -2.52. The molecule has 5 heteroatoms. The number of ether oxygens (including phenoxy) is 2. The Bertz CT molecular complexity index is 408. The van der Waals surface area contributed by atoms with Gasteiger partial charge in [-0.25, -0.2) is 0 Å². The molecule has 0 aliphatic carbocycles. The molecule has 1 aromatic carbocycles. The minimum atomic E-state index is -0.684. The Morgan fingerprint density at radius 2 is 2.05 bits per heavy atom. The van der Waals surface area contributed by atoms with Gasteiger partial charge < -0.3 is 14.6 Å². The van der Waals surface area contributed by atoms with E-state index in [4.69, 9.17) is 14.3 Å². The van der Waals surface area contributed by atoms with Crippen molar-refractivity contribution in [2.24, 2.45) is 0 Å². The molecule has 0 aromatic heterocycles. The Kier molecular flexibility index (Phi) is 4.42. The molecule has 1 heterocycles. The standard InChI is InChI=1S/C14H21NO4/c1-14(18-3)8-12(13(9-16)15-19-14)10-4-6-11(17-2)7-5-10/h4-7,12-13,15-16H,8-9H2,1-3H3/t12-,13-,14-/m0/s1. The van der Waals surface area contributed by atoms with E-state index in [0.717, 1.165) is 11.3 Å². The van der Waals surface area contributed by atoms with Crippen LogP contribution in [0.4, 0.5) is 0 Å². The van der Waals surface area contributed by atoms with E-state index in [-0.39, 0.29) is 18.6 Å². The first-order chi connectivity index (χ1) is 9.11. The Balaban J connectivity index is 2.21. The monoisotopic (exact) mass is 267 g/mol. The van der Waals surface area contributed by atoms with Crippen LogP contribution in [0.1, 0.15) is 24.8 Å². The minimum absolute atomic E-state index is 0.0104. The third-order valence-electron chi connectivity index (χ3n) is 3.68. The summed E-state index contributed by atoms with van der Waals surface area (Å²) >= 11 is 0. The van der Waals surface area contributed by atoms with Gasteiger partial charge >= 0.3 is 0 Å². The Morgan fingerprint density at radius 3 is 2.58 bits per heavy atom. The van der Waals surface area contributed by atoms with E-state index < -0.39 is 5.79 Å². The Hall–Kier alpha value is -1.14. The number of rotatable bonds is 4. The van der Waals surface area contributed by atoms with Gasteiger partial charge in [-0.15, -0.1) is 0 Å². The lowest BCUT2D eigenvalue weighted by atomic mass is 9.85. The van der Waals surface area contributed by atoms with E-state index in [9.17, 15) is 5.11 Å². The van der Waals surface area contributed by atoms with Gasteiger partial charge in [0.2, 0.25) is 0 Å². The van der Waals surface area contributed by atoms with Crippen LogP contribution in [-0.2, 0) is 9.57 Å². The summed E-state index contributed by atoms with van der Waals surface area (Å²) in [4.78, 5) is 5.46. The zero-order valence-electron chi connectivity index (χ0n) is 11.6. The highest BCUT2D eigenvalue weighted by atomic mass is 16.8. The molecule has 19 heavy (non-hydrogen) atoms. The molecule has 1 saturated heterocycles. The van der Waals surface area contributed by atoms with Gasteiger partial charge in [0.15, 0.2) is 5.79 Å². The van der Waals surface area contributed by atoms with Crippen molar-refractivity contribution in [3.8, 4) is 5.75 Å². The second kappa shape index (κ2) is 5.88. The molecule has 5 nitrogen and oxygen atoms in total. The molecule has 0 spiro atoms. The van der Waals surface area contributed by atoms with Crippen LogP contribution >= 0.6 is 0 Å². The number of aliphatic hydroxyl groups excluding tert-OH is 1. The number of methoxy groups -OCH3 is 2. The number of hydrogen-bond acceptors (Lipinski definition) is 5. The van der Waals surface area contributed by atoms with Crippen molar-refractivity contribution in [3.63, 3.8) is 0 Å². The van der Waals surface area contributed by atoms with Crippen LogP contribution in [0.3, 0.4) is 0 Å². The maximum atomic E-state index is 9.46. The summed E-state index contributed by atoms with van der Waals surface area (Å²) in [5.41, 5.74) is 4.01. The number of benzene rings is 1. The van der Waals surface area contributed by atoms with E-state index in [2.05, 4.69) is 5.48 Å². The van der Waals surface area contributed by atoms with Gasteiger partial charge in [-0.3, -0.25) is 4.84 Å². The molecule has 0 bridgehead atoms. The minimum Gasteiger partial charge on any atom is -0.497 e. The highest BCUT2D eigenvalue weighted by molar-refractivity contribution is 5.30. The van der Waals surface area contributed by atoms with Gasteiger partial charge in [-0.2, -0.15) is 5.48 Å². The Labute approximate surface area is 113 Å². The van der Waals surface area contributed by atoms with E-state index in [1.807, 2.05) is 31.2 Å². The zero-order chi connectivity index (χ0) is 13.9. The van der Waals surface area contributed by atoms with Crippen LogP contribution in [0.25, 0.3) is 0 Å². The molecule has 2 rings (SSSR count). The number of aliphatic hydroxyl groups is 1. The quantitative estimate of drug-likeness (QED) is 0.864. The molecule has 1 aliphatic rings. The summed E-state index contributed by atoms with van der Waals surface area (Å²) in [6.07, 6.45) is 0.675. The first-order valence-corrected chi connectivity index (χ1v) is 6.35. The van der Waals surface area contributed by atoms with Gasteiger partial charge in [0.25, 0.3) is 0 Å². The molecule has 1 aliphatic heterocycles. The molecule has 2 N–H and O–H groups in total. The van der Waals surface area contributed by atoms with Crippen LogP contribution in [0.5, 0.6) is 5.75 Å².